The largest absolute Gasteiger partial charge is 0.467 e. The molecule has 0 spiro atoms. The van der Waals surface area contributed by atoms with Crippen molar-refractivity contribution in [2.75, 3.05) is 7.11 Å². The summed E-state index contributed by atoms with van der Waals surface area (Å²) in [7, 11) is 1.32. The lowest BCUT2D eigenvalue weighted by molar-refractivity contribution is -0.143. The van der Waals surface area contributed by atoms with Gasteiger partial charge in [0.15, 0.2) is 6.04 Å². The van der Waals surface area contributed by atoms with Crippen LogP contribution in [-0.4, -0.2) is 23.6 Å². The van der Waals surface area contributed by atoms with Crippen LogP contribution in [0.1, 0.15) is 27.5 Å². The number of para-hydroxylation sites is 1. The van der Waals surface area contributed by atoms with E-state index in [-0.39, 0.29) is 5.91 Å². The number of aromatic nitrogens is 1. The number of methoxy groups -OCH3 is 1. The minimum Gasteiger partial charge on any atom is -0.467 e. The Kier molecular flexibility index (Phi) is 5.61. The zero-order chi connectivity index (χ0) is 20.9. The number of hydrogen-bond donors (Lipinski definition) is 1. The van der Waals surface area contributed by atoms with Crippen LogP contribution in [0.3, 0.4) is 0 Å². The van der Waals surface area contributed by atoms with Crippen molar-refractivity contribution in [1.82, 2.24) is 9.88 Å². The lowest BCUT2D eigenvalue weighted by Crippen LogP contribution is -2.34. The van der Waals surface area contributed by atoms with Crippen LogP contribution in [0.25, 0.3) is 10.9 Å². The maximum Gasteiger partial charge on any atom is 0.333 e. The molecule has 1 amide bonds. The zero-order valence-electron chi connectivity index (χ0n) is 16.6. The number of ether oxygens (including phenoxy) is 1. The molecule has 0 aliphatic heterocycles. The Hall–Kier alpha value is -3.86. The first-order chi connectivity index (χ1) is 14.7. The van der Waals surface area contributed by atoms with E-state index in [2.05, 4.69) is 22.0 Å². The van der Waals surface area contributed by atoms with E-state index in [1.165, 1.54) is 7.11 Å². The molecule has 4 aromatic rings. The molecule has 1 atom stereocenters. The van der Waals surface area contributed by atoms with Crippen molar-refractivity contribution in [3.05, 3.63) is 108 Å². The molecule has 1 unspecified atom stereocenters. The van der Waals surface area contributed by atoms with Crippen molar-refractivity contribution in [1.29, 1.82) is 0 Å². The number of esters is 1. The summed E-state index contributed by atoms with van der Waals surface area (Å²) >= 11 is 0. The van der Waals surface area contributed by atoms with E-state index in [0.717, 1.165) is 16.5 Å². The van der Waals surface area contributed by atoms with Crippen molar-refractivity contribution in [3.8, 4) is 0 Å². The molecule has 1 aromatic heterocycles. The third-order valence-electron chi connectivity index (χ3n) is 5.07. The van der Waals surface area contributed by atoms with E-state index in [9.17, 15) is 9.59 Å². The van der Waals surface area contributed by atoms with Crippen LogP contribution in [0.5, 0.6) is 0 Å². The highest BCUT2D eigenvalue weighted by Crippen LogP contribution is 2.24. The first-order valence-electron chi connectivity index (χ1n) is 9.73. The van der Waals surface area contributed by atoms with Gasteiger partial charge in [0, 0.05) is 23.6 Å². The monoisotopic (exact) mass is 398 g/mol. The topological polar surface area (TPSA) is 60.3 Å². The van der Waals surface area contributed by atoms with Gasteiger partial charge in [-0.2, -0.15) is 0 Å². The first kappa shape index (κ1) is 19.5. The van der Waals surface area contributed by atoms with Gasteiger partial charge < -0.3 is 14.6 Å². The van der Waals surface area contributed by atoms with Crippen molar-refractivity contribution in [2.45, 2.75) is 12.6 Å². The molecule has 1 heterocycles. The summed E-state index contributed by atoms with van der Waals surface area (Å²) in [5.74, 6) is -0.833. The van der Waals surface area contributed by atoms with Crippen LogP contribution in [0.2, 0.25) is 0 Å². The van der Waals surface area contributed by atoms with Gasteiger partial charge in [-0.1, -0.05) is 78.9 Å². The summed E-state index contributed by atoms with van der Waals surface area (Å²) in [6.07, 6.45) is 1.84. The number of nitrogens with one attached hydrogen (secondary N) is 1. The number of fused-ring (bicyclic) bond motifs is 1. The number of carbonyl (C=O) groups is 2. The van der Waals surface area contributed by atoms with E-state index in [1.54, 1.807) is 12.1 Å². The normalized spacial score (nSPS) is 11.8. The lowest BCUT2D eigenvalue weighted by Gasteiger charge is -2.16. The first-order valence-corrected chi connectivity index (χ1v) is 9.73. The van der Waals surface area contributed by atoms with Gasteiger partial charge in [0.2, 0.25) is 0 Å². The quantitative estimate of drug-likeness (QED) is 0.492. The predicted octanol–water partition coefficient (Wildman–Crippen LogP) is 4.33. The van der Waals surface area contributed by atoms with Crippen molar-refractivity contribution >= 4 is 22.8 Å². The second kappa shape index (κ2) is 8.66. The van der Waals surface area contributed by atoms with Crippen molar-refractivity contribution < 1.29 is 14.3 Å². The number of rotatable bonds is 6. The van der Waals surface area contributed by atoms with Gasteiger partial charge in [0.25, 0.3) is 5.91 Å². The Morgan fingerprint density at radius 1 is 0.900 bits per heavy atom. The standard InChI is InChI=1S/C25H22N2O3/c1-30-25(29)23(19-12-6-3-7-13-19)26-24(28)21-17-27(16-18-10-4-2-5-11-18)22-15-9-8-14-20(21)22/h2-15,17,23H,16H2,1H3,(H,26,28). The molecule has 0 saturated heterocycles. The van der Waals surface area contributed by atoms with Gasteiger partial charge in [0.1, 0.15) is 0 Å². The van der Waals surface area contributed by atoms with Crippen LogP contribution in [-0.2, 0) is 16.1 Å². The Morgan fingerprint density at radius 2 is 1.53 bits per heavy atom. The van der Waals surface area contributed by atoms with E-state index >= 15 is 0 Å². The Morgan fingerprint density at radius 3 is 2.23 bits per heavy atom. The van der Waals surface area contributed by atoms with Crippen LogP contribution >= 0.6 is 0 Å². The van der Waals surface area contributed by atoms with Crippen LogP contribution < -0.4 is 5.32 Å². The van der Waals surface area contributed by atoms with Crippen molar-refractivity contribution in [3.63, 3.8) is 0 Å². The summed E-state index contributed by atoms with van der Waals surface area (Å²) in [6.45, 7) is 0.647. The van der Waals surface area contributed by atoms with Gasteiger partial charge in [-0.15, -0.1) is 0 Å². The highest BCUT2D eigenvalue weighted by atomic mass is 16.5. The smallest absolute Gasteiger partial charge is 0.333 e. The van der Waals surface area contributed by atoms with Gasteiger partial charge in [-0.25, -0.2) is 4.79 Å². The zero-order valence-corrected chi connectivity index (χ0v) is 16.6. The summed E-state index contributed by atoms with van der Waals surface area (Å²) in [5.41, 5.74) is 3.29. The fourth-order valence-corrected chi connectivity index (χ4v) is 3.59. The summed E-state index contributed by atoms with van der Waals surface area (Å²) in [6, 6.07) is 26.1. The fraction of sp³-hybridized carbons (Fsp3) is 0.120. The van der Waals surface area contributed by atoms with Crippen molar-refractivity contribution in [2.24, 2.45) is 0 Å². The number of benzene rings is 3. The molecule has 0 radical (unpaired) electrons. The molecular formula is C25H22N2O3. The van der Waals surface area contributed by atoms with Gasteiger partial charge in [-0.05, 0) is 17.2 Å². The number of nitrogens with zero attached hydrogens (tertiary/aromatic N) is 1. The maximum atomic E-state index is 13.2. The van der Waals surface area contributed by atoms with Gasteiger partial charge >= 0.3 is 5.97 Å². The summed E-state index contributed by atoms with van der Waals surface area (Å²) in [5, 5.41) is 3.68. The van der Waals surface area contributed by atoms with Crippen LogP contribution in [0.15, 0.2) is 91.1 Å². The maximum absolute atomic E-state index is 13.2. The average Bonchev–Trinajstić information content (AvgIpc) is 3.16. The minimum absolute atomic E-state index is 0.322. The van der Waals surface area contributed by atoms with Gasteiger partial charge in [-0.3, -0.25) is 4.79 Å². The van der Waals surface area contributed by atoms with E-state index < -0.39 is 12.0 Å². The number of amides is 1. The molecule has 4 rings (SSSR count). The Balaban J connectivity index is 1.68. The SMILES string of the molecule is COC(=O)C(NC(=O)c1cn(Cc2ccccc2)c2ccccc12)c1ccccc1. The summed E-state index contributed by atoms with van der Waals surface area (Å²) < 4.78 is 6.97. The molecule has 0 fully saturated rings. The Bertz CT molecular complexity index is 1170. The third-order valence-corrected chi connectivity index (χ3v) is 5.07. The second-order valence-corrected chi connectivity index (χ2v) is 7.01. The highest BCUT2D eigenvalue weighted by molar-refractivity contribution is 6.08. The van der Waals surface area contributed by atoms with Crippen LogP contribution in [0.4, 0.5) is 0 Å². The molecule has 0 saturated carbocycles. The molecule has 0 aliphatic carbocycles. The molecule has 150 valence electrons. The fourth-order valence-electron chi connectivity index (χ4n) is 3.59. The molecule has 3 aromatic carbocycles. The van der Waals surface area contributed by atoms with Gasteiger partial charge in [0.05, 0.1) is 12.7 Å². The van der Waals surface area contributed by atoms with E-state index in [1.807, 2.05) is 66.9 Å². The number of carbonyl (C=O) groups excluding carboxylic acids is 2. The molecule has 5 heteroatoms. The predicted molar refractivity (Wildman–Crippen MR) is 116 cm³/mol. The molecule has 30 heavy (non-hydrogen) atoms. The second-order valence-electron chi connectivity index (χ2n) is 7.01. The van der Waals surface area contributed by atoms with E-state index in [4.69, 9.17) is 4.74 Å². The molecule has 0 bridgehead atoms. The molecule has 5 nitrogen and oxygen atoms in total. The molecular weight excluding hydrogens is 376 g/mol. The average molecular weight is 398 g/mol. The highest BCUT2D eigenvalue weighted by Gasteiger charge is 2.25. The minimum atomic E-state index is -0.875. The summed E-state index contributed by atoms with van der Waals surface area (Å²) in [4.78, 5) is 25.5. The lowest BCUT2D eigenvalue weighted by atomic mass is 10.1. The van der Waals surface area contributed by atoms with Crippen LogP contribution in [0, 0.1) is 0 Å². The van der Waals surface area contributed by atoms with E-state index in [0.29, 0.717) is 17.7 Å². The number of hydrogen-bond acceptors (Lipinski definition) is 3. The Labute approximate surface area is 174 Å². The molecule has 0 aliphatic rings. The third kappa shape index (κ3) is 3.96. The molecule has 1 N–H and O–H groups in total.